The third-order valence-electron chi connectivity index (χ3n) is 5.53. The van der Waals surface area contributed by atoms with Crippen molar-refractivity contribution < 1.29 is 24.1 Å². The van der Waals surface area contributed by atoms with E-state index in [1.807, 2.05) is 18.7 Å². The van der Waals surface area contributed by atoms with Crippen molar-refractivity contribution in [2.45, 2.75) is 57.7 Å². The summed E-state index contributed by atoms with van der Waals surface area (Å²) in [6.07, 6.45) is 3.12. The number of carbonyl (C=O) groups excluding carboxylic acids is 1. The summed E-state index contributed by atoms with van der Waals surface area (Å²) in [6.45, 7) is 5.83. The first-order valence-electron chi connectivity index (χ1n) is 10.7. The van der Waals surface area contributed by atoms with E-state index >= 15 is 0 Å². The molecule has 2 unspecified atom stereocenters. The normalized spacial score (nSPS) is 19.7. The molecule has 1 N–H and O–H groups in total. The average Bonchev–Trinajstić information content (AvgIpc) is 2.73. The maximum Gasteiger partial charge on any atom is 0.254 e. The zero-order chi connectivity index (χ0) is 22.1. The molecule has 0 aromatic heterocycles. The van der Waals surface area contributed by atoms with Crippen LogP contribution in [0.5, 0.6) is 11.5 Å². The number of hydrogen-bond acceptors (Lipinski definition) is 6. The van der Waals surface area contributed by atoms with Crippen LogP contribution in [0, 0.1) is 0 Å². The topological polar surface area (TPSA) is 71.5 Å². The van der Waals surface area contributed by atoms with E-state index in [2.05, 4.69) is 0 Å². The van der Waals surface area contributed by atoms with Gasteiger partial charge in [-0.15, -0.1) is 0 Å². The van der Waals surface area contributed by atoms with Crippen LogP contribution in [0.15, 0.2) is 18.2 Å². The second-order valence-electron chi connectivity index (χ2n) is 7.96. The average molecular weight is 418 g/mol. The monoisotopic (exact) mass is 418 g/mol. The fourth-order valence-corrected chi connectivity index (χ4v) is 4.00. The smallest absolute Gasteiger partial charge is 0.254 e. The van der Waals surface area contributed by atoms with Crippen LogP contribution in [0.3, 0.4) is 0 Å². The lowest BCUT2D eigenvalue weighted by molar-refractivity contribution is 0.0460. The Balaban J connectivity index is 2.16. The first-order chi connectivity index (χ1) is 14.4. The highest BCUT2D eigenvalue weighted by Crippen LogP contribution is 2.30. The summed E-state index contributed by atoms with van der Waals surface area (Å²) in [5, 5.41) is 9.22. The number of rotatable bonds is 11. The Hall–Kier alpha value is -1.77. The number of methoxy groups -OCH3 is 2. The highest BCUT2D eigenvalue weighted by Gasteiger charge is 2.33. The highest BCUT2D eigenvalue weighted by molar-refractivity contribution is 6.04. The first kappa shape index (κ1) is 24.5. The fourth-order valence-electron chi connectivity index (χ4n) is 4.00. The number of aliphatic hydroxyl groups excluding tert-OH is 1. The van der Waals surface area contributed by atoms with Gasteiger partial charge in [0.05, 0.1) is 13.7 Å². The van der Waals surface area contributed by atoms with Crippen molar-refractivity contribution in [2.24, 2.45) is 0 Å². The summed E-state index contributed by atoms with van der Waals surface area (Å²) in [6, 6.07) is 5.49. The Labute approximate surface area is 181 Å². The van der Waals surface area contributed by atoms with Gasteiger partial charge in [-0.2, -0.15) is 0 Å². The van der Waals surface area contributed by atoms with E-state index in [4.69, 9.17) is 22.2 Å². The van der Waals surface area contributed by atoms with Gasteiger partial charge < -0.3 is 29.0 Å². The molecular weight excluding hydrogens is 383 g/mol. The van der Waals surface area contributed by atoms with Crippen molar-refractivity contribution in [3.05, 3.63) is 23.8 Å². The molecule has 0 saturated carbocycles. The number of aliphatic hydroxyl groups is 1. The quantitative estimate of drug-likeness (QED) is 0.439. The molecule has 1 aromatic carbocycles. The first-order valence-corrected chi connectivity index (χ1v) is 10.7. The van der Waals surface area contributed by atoms with E-state index in [1.165, 1.54) is 0 Å². The Bertz CT molecular complexity index is 673. The van der Waals surface area contributed by atoms with E-state index in [-0.39, 0.29) is 30.6 Å². The SMILES string of the molecule is [B]N1CC(N(C(=O)c2ccc(OC)c(OCCCOC)c2)C(C)C)CCC1CCO. The largest absolute Gasteiger partial charge is 0.493 e. The van der Waals surface area contributed by atoms with Crippen molar-refractivity contribution >= 4 is 13.9 Å². The molecule has 1 aliphatic heterocycles. The van der Waals surface area contributed by atoms with Gasteiger partial charge in [0, 0.05) is 57.0 Å². The van der Waals surface area contributed by atoms with Gasteiger partial charge >= 0.3 is 0 Å². The number of ether oxygens (including phenoxy) is 3. The van der Waals surface area contributed by atoms with Crippen molar-refractivity contribution in [3.8, 4) is 11.5 Å². The van der Waals surface area contributed by atoms with Crippen LogP contribution in [-0.4, -0.2) is 87.4 Å². The summed E-state index contributed by atoms with van der Waals surface area (Å²) in [7, 11) is 9.45. The molecule has 1 heterocycles. The highest BCUT2D eigenvalue weighted by atomic mass is 16.5. The molecule has 1 aromatic rings. The van der Waals surface area contributed by atoms with E-state index in [1.54, 1.807) is 37.2 Å². The van der Waals surface area contributed by atoms with Crippen molar-refractivity contribution in [1.29, 1.82) is 0 Å². The van der Waals surface area contributed by atoms with Crippen LogP contribution < -0.4 is 9.47 Å². The van der Waals surface area contributed by atoms with Gasteiger partial charge in [-0.3, -0.25) is 4.79 Å². The molecule has 0 bridgehead atoms. The molecule has 2 atom stereocenters. The molecule has 1 saturated heterocycles. The number of amides is 1. The summed E-state index contributed by atoms with van der Waals surface area (Å²) in [4.78, 5) is 17.1. The van der Waals surface area contributed by atoms with E-state index in [0.29, 0.717) is 43.2 Å². The minimum atomic E-state index is -0.0478. The Morgan fingerprint density at radius 2 is 2.03 bits per heavy atom. The molecule has 1 fully saturated rings. The number of benzene rings is 1. The van der Waals surface area contributed by atoms with Crippen LogP contribution in [0.4, 0.5) is 0 Å². The van der Waals surface area contributed by atoms with Crippen molar-refractivity contribution in [2.75, 3.05) is 40.6 Å². The number of piperidine rings is 1. The lowest BCUT2D eigenvalue weighted by atomic mass is 9.91. The predicted octanol–water partition coefficient (Wildman–Crippen LogP) is 2.26. The van der Waals surface area contributed by atoms with E-state index in [0.717, 1.165) is 19.3 Å². The molecule has 30 heavy (non-hydrogen) atoms. The van der Waals surface area contributed by atoms with Gasteiger partial charge in [-0.05, 0) is 51.3 Å². The summed E-state index contributed by atoms with van der Waals surface area (Å²) >= 11 is 0. The van der Waals surface area contributed by atoms with E-state index in [9.17, 15) is 9.90 Å². The van der Waals surface area contributed by atoms with Gasteiger partial charge in [0.2, 0.25) is 0 Å². The minimum absolute atomic E-state index is 0.0191. The Morgan fingerprint density at radius 1 is 1.27 bits per heavy atom. The second-order valence-corrected chi connectivity index (χ2v) is 7.96. The third kappa shape index (κ3) is 6.36. The summed E-state index contributed by atoms with van der Waals surface area (Å²) < 4.78 is 16.3. The fraction of sp³-hybridized carbons (Fsp3) is 0.682. The van der Waals surface area contributed by atoms with Gasteiger partial charge in [0.1, 0.15) is 0 Å². The summed E-state index contributed by atoms with van der Waals surface area (Å²) in [5.41, 5.74) is 0.562. The maximum atomic E-state index is 13.4. The second kappa shape index (κ2) is 12.2. The standard InChI is InChI=1S/C22H35BN2O5/c1-16(2)25(19-8-7-18(10-11-26)24(23)15-19)22(27)17-6-9-20(29-4)21(14-17)30-13-5-12-28-3/h6,9,14,16,18-19,26H,5,7-8,10-13,15H2,1-4H3. The Morgan fingerprint density at radius 3 is 2.63 bits per heavy atom. The number of carbonyl (C=O) groups is 1. The van der Waals surface area contributed by atoms with Gasteiger partial charge in [-0.25, -0.2) is 0 Å². The molecule has 0 spiro atoms. The maximum absolute atomic E-state index is 13.4. The summed E-state index contributed by atoms with van der Waals surface area (Å²) in [5.74, 6) is 1.10. The van der Waals surface area contributed by atoms with E-state index < -0.39 is 0 Å². The molecule has 8 heteroatoms. The zero-order valence-electron chi connectivity index (χ0n) is 18.7. The molecule has 2 rings (SSSR count). The predicted molar refractivity (Wildman–Crippen MR) is 117 cm³/mol. The van der Waals surface area contributed by atoms with Gasteiger partial charge in [0.25, 0.3) is 5.91 Å². The molecule has 166 valence electrons. The van der Waals surface area contributed by atoms with Crippen LogP contribution in [0.25, 0.3) is 0 Å². The van der Waals surface area contributed by atoms with Crippen LogP contribution >= 0.6 is 0 Å². The van der Waals surface area contributed by atoms with Crippen LogP contribution in [-0.2, 0) is 4.74 Å². The van der Waals surface area contributed by atoms with Gasteiger partial charge in [0.15, 0.2) is 19.5 Å². The van der Waals surface area contributed by atoms with Crippen LogP contribution in [0.1, 0.15) is 49.9 Å². The zero-order valence-corrected chi connectivity index (χ0v) is 18.7. The number of hydrogen-bond donors (Lipinski definition) is 1. The molecule has 1 amide bonds. The molecular formula is C22H35BN2O5. The van der Waals surface area contributed by atoms with Crippen molar-refractivity contribution in [3.63, 3.8) is 0 Å². The number of nitrogens with zero attached hydrogens (tertiary/aromatic N) is 2. The lowest BCUT2D eigenvalue weighted by Crippen LogP contribution is -2.55. The lowest BCUT2D eigenvalue weighted by Gasteiger charge is -2.44. The molecule has 7 nitrogen and oxygen atoms in total. The van der Waals surface area contributed by atoms with Gasteiger partial charge in [-0.1, -0.05) is 0 Å². The van der Waals surface area contributed by atoms with Crippen LogP contribution in [0.2, 0.25) is 0 Å². The molecule has 1 aliphatic rings. The molecule has 2 radical (unpaired) electrons. The third-order valence-corrected chi connectivity index (χ3v) is 5.53. The minimum Gasteiger partial charge on any atom is -0.493 e. The Kier molecular flexibility index (Phi) is 9.95. The molecule has 0 aliphatic carbocycles. The van der Waals surface area contributed by atoms with Crippen molar-refractivity contribution in [1.82, 2.24) is 9.71 Å².